The third-order valence-corrected chi connectivity index (χ3v) is 4.38. The topological polar surface area (TPSA) is 59.0 Å². The zero-order valence-corrected chi connectivity index (χ0v) is 12.4. The van der Waals surface area contributed by atoms with Crippen molar-refractivity contribution in [1.29, 1.82) is 0 Å². The van der Waals surface area contributed by atoms with Gasteiger partial charge in [-0.05, 0) is 26.0 Å². The molecule has 2 rings (SSSR count). The summed E-state index contributed by atoms with van der Waals surface area (Å²) in [5.74, 6) is 3.36. The summed E-state index contributed by atoms with van der Waals surface area (Å²) in [4.78, 5) is 1.93. The number of nitrogens with zero attached hydrogens (tertiary/aromatic N) is 2. The van der Waals surface area contributed by atoms with Crippen LogP contribution < -0.4 is 4.74 Å². The molecule has 1 aliphatic heterocycles. The van der Waals surface area contributed by atoms with Gasteiger partial charge in [0.2, 0.25) is 0 Å². The van der Waals surface area contributed by atoms with Gasteiger partial charge in [0.05, 0.1) is 19.2 Å². The highest BCUT2D eigenvalue weighted by Gasteiger charge is 2.35. The molecule has 1 aromatic rings. The first-order valence-corrected chi connectivity index (χ1v) is 7.59. The number of methoxy groups -OCH3 is 1. The monoisotopic (exact) mass is 292 g/mol. The van der Waals surface area contributed by atoms with Crippen LogP contribution in [-0.2, 0) is 10.0 Å². The minimum Gasteiger partial charge on any atom is -0.496 e. The molecule has 106 valence electrons. The molecule has 0 aliphatic carbocycles. The summed E-state index contributed by atoms with van der Waals surface area (Å²) >= 11 is 0. The normalized spacial score (nSPS) is 15.4. The van der Waals surface area contributed by atoms with E-state index in [1.807, 2.05) is 13.8 Å². The van der Waals surface area contributed by atoms with E-state index >= 15 is 0 Å². The van der Waals surface area contributed by atoms with E-state index in [4.69, 9.17) is 11.2 Å². The molecule has 6 heteroatoms. The summed E-state index contributed by atoms with van der Waals surface area (Å²) in [5.41, 5.74) is 0.485. The maximum absolute atomic E-state index is 12.1. The number of hydrogen-bond donors (Lipinski definition) is 0. The fourth-order valence-corrected chi connectivity index (χ4v) is 3.34. The molecular formula is C14H16N2O3S. The highest BCUT2D eigenvalue weighted by atomic mass is 32.2. The molecule has 1 heterocycles. The molecule has 1 aromatic carbocycles. The smallest absolute Gasteiger partial charge is 0.285 e. The van der Waals surface area contributed by atoms with Gasteiger partial charge in [-0.25, -0.2) is 0 Å². The molecule has 5 nitrogen and oxygen atoms in total. The number of terminal acetylenes is 1. The Morgan fingerprint density at radius 1 is 1.45 bits per heavy atom. The second-order valence-electron chi connectivity index (χ2n) is 4.65. The maximum atomic E-state index is 12.1. The zero-order chi connectivity index (χ0) is 14.9. The number of sulfonamides is 1. The van der Waals surface area contributed by atoms with E-state index in [9.17, 15) is 8.42 Å². The van der Waals surface area contributed by atoms with E-state index in [2.05, 4.69) is 10.3 Å². The van der Waals surface area contributed by atoms with Crippen LogP contribution in [0, 0.1) is 12.3 Å². The summed E-state index contributed by atoms with van der Waals surface area (Å²) in [7, 11) is -2.19. The first-order chi connectivity index (χ1) is 9.42. The molecule has 1 aliphatic rings. The quantitative estimate of drug-likeness (QED) is 0.792. The lowest BCUT2D eigenvalue weighted by atomic mass is 10.1. The van der Waals surface area contributed by atoms with Crippen LogP contribution in [0.2, 0.25) is 0 Å². The molecule has 0 aromatic heterocycles. The van der Waals surface area contributed by atoms with Gasteiger partial charge in [0.25, 0.3) is 10.0 Å². The standard InChI is InChI=1S/C14H16N2O3S/c1-5-9-16(10(2)3)14-13-11(19-4)7-6-8-12(13)20(17,18)15-14/h1,6-8,10H,9H2,2-4H3. The Hall–Kier alpha value is -2.00. The molecule has 0 saturated carbocycles. The summed E-state index contributed by atoms with van der Waals surface area (Å²) in [6.45, 7) is 4.14. The Bertz CT molecular complexity index is 700. The van der Waals surface area contributed by atoms with Crippen LogP contribution in [0.15, 0.2) is 27.5 Å². The van der Waals surface area contributed by atoms with Crippen molar-refractivity contribution in [2.24, 2.45) is 4.40 Å². The number of amidine groups is 1. The van der Waals surface area contributed by atoms with Gasteiger partial charge in [0, 0.05) is 6.04 Å². The van der Waals surface area contributed by atoms with Crippen molar-refractivity contribution in [2.75, 3.05) is 13.7 Å². The average Bonchev–Trinajstić information content (AvgIpc) is 2.67. The third kappa shape index (κ3) is 2.25. The minimum absolute atomic E-state index is 0.0239. The van der Waals surface area contributed by atoms with Crippen molar-refractivity contribution in [3.63, 3.8) is 0 Å². The molecular weight excluding hydrogens is 276 g/mol. The molecule has 0 bridgehead atoms. The lowest BCUT2D eigenvalue weighted by molar-refractivity contribution is 0.383. The van der Waals surface area contributed by atoms with Crippen LogP contribution in [-0.4, -0.2) is 38.8 Å². The third-order valence-electron chi connectivity index (χ3n) is 3.07. The van der Waals surface area contributed by atoms with Crippen molar-refractivity contribution in [3.8, 4) is 18.1 Å². The first kappa shape index (κ1) is 14.4. The van der Waals surface area contributed by atoms with Gasteiger partial charge < -0.3 is 9.64 Å². The van der Waals surface area contributed by atoms with Gasteiger partial charge in [-0.1, -0.05) is 12.0 Å². The van der Waals surface area contributed by atoms with Gasteiger partial charge in [0.15, 0.2) is 5.84 Å². The molecule has 0 unspecified atom stereocenters. The maximum Gasteiger partial charge on any atom is 0.285 e. The summed E-state index contributed by atoms with van der Waals surface area (Å²) < 4.78 is 33.4. The number of fused-ring (bicyclic) bond motifs is 1. The van der Waals surface area contributed by atoms with Crippen LogP contribution in [0.3, 0.4) is 0 Å². The highest BCUT2D eigenvalue weighted by molar-refractivity contribution is 7.90. The fraction of sp³-hybridized carbons (Fsp3) is 0.357. The molecule has 0 fully saturated rings. The minimum atomic E-state index is -3.69. The highest BCUT2D eigenvalue weighted by Crippen LogP contribution is 2.34. The molecule has 0 amide bonds. The fourth-order valence-electron chi connectivity index (χ4n) is 2.12. The van der Waals surface area contributed by atoms with E-state index in [0.29, 0.717) is 17.1 Å². The zero-order valence-electron chi connectivity index (χ0n) is 11.6. The van der Waals surface area contributed by atoms with Crippen LogP contribution in [0.25, 0.3) is 0 Å². The van der Waals surface area contributed by atoms with E-state index < -0.39 is 10.0 Å². The predicted octanol–water partition coefficient (Wildman–Crippen LogP) is 1.49. The Labute approximate surface area is 119 Å². The summed E-state index contributed by atoms with van der Waals surface area (Å²) in [5, 5.41) is 0. The Morgan fingerprint density at radius 2 is 2.15 bits per heavy atom. The second-order valence-corrected chi connectivity index (χ2v) is 6.22. The van der Waals surface area contributed by atoms with Crippen molar-refractivity contribution in [2.45, 2.75) is 24.8 Å². The van der Waals surface area contributed by atoms with Crippen molar-refractivity contribution < 1.29 is 13.2 Å². The molecule has 0 N–H and O–H groups in total. The van der Waals surface area contributed by atoms with Crippen LogP contribution >= 0.6 is 0 Å². The molecule has 0 spiro atoms. The van der Waals surface area contributed by atoms with Gasteiger partial charge in [-0.15, -0.1) is 10.8 Å². The number of hydrogen-bond acceptors (Lipinski definition) is 4. The largest absolute Gasteiger partial charge is 0.496 e. The number of benzene rings is 1. The lowest BCUT2D eigenvalue weighted by Crippen LogP contribution is -2.37. The van der Waals surface area contributed by atoms with E-state index in [-0.39, 0.29) is 17.5 Å². The van der Waals surface area contributed by atoms with Crippen LogP contribution in [0.1, 0.15) is 19.4 Å². The Morgan fingerprint density at radius 3 is 2.70 bits per heavy atom. The lowest BCUT2D eigenvalue weighted by Gasteiger charge is -2.26. The van der Waals surface area contributed by atoms with Gasteiger partial charge in [-0.3, -0.25) is 0 Å². The molecule has 0 saturated heterocycles. The SMILES string of the molecule is C#CCN(C1=NS(=O)(=O)c2cccc(OC)c21)C(C)C. The van der Waals surface area contributed by atoms with Crippen molar-refractivity contribution >= 4 is 15.9 Å². The summed E-state index contributed by atoms with van der Waals surface area (Å²) in [6, 6.07) is 4.90. The Kier molecular flexibility index (Phi) is 3.73. The van der Waals surface area contributed by atoms with Crippen molar-refractivity contribution in [3.05, 3.63) is 23.8 Å². The number of rotatable bonds is 3. The van der Waals surface area contributed by atoms with Crippen LogP contribution in [0.5, 0.6) is 5.75 Å². The number of ether oxygens (including phenoxy) is 1. The predicted molar refractivity (Wildman–Crippen MR) is 77.4 cm³/mol. The van der Waals surface area contributed by atoms with Gasteiger partial charge in [-0.2, -0.15) is 8.42 Å². The first-order valence-electron chi connectivity index (χ1n) is 6.14. The average molecular weight is 292 g/mol. The van der Waals surface area contributed by atoms with E-state index in [1.54, 1.807) is 17.0 Å². The Balaban J connectivity index is 2.67. The van der Waals surface area contributed by atoms with Gasteiger partial charge >= 0.3 is 0 Å². The molecule has 0 radical (unpaired) electrons. The van der Waals surface area contributed by atoms with E-state index in [1.165, 1.54) is 13.2 Å². The summed E-state index contributed by atoms with van der Waals surface area (Å²) in [6.07, 6.45) is 5.37. The van der Waals surface area contributed by atoms with Gasteiger partial charge in [0.1, 0.15) is 10.6 Å². The second kappa shape index (κ2) is 5.17. The van der Waals surface area contributed by atoms with E-state index in [0.717, 1.165) is 0 Å². The van der Waals surface area contributed by atoms with Crippen molar-refractivity contribution in [1.82, 2.24) is 4.90 Å². The molecule has 20 heavy (non-hydrogen) atoms. The molecule has 0 atom stereocenters. The van der Waals surface area contributed by atoms with Crippen LogP contribution in [0.4, 0.5) is 0 Å².